The number of amides is 2. The molecule has 2 bridgehead atoms. The molecule has 0 saturated carbocycles. The molecule has 164 valence electrons. The Kier molecular flexibility index (Phi) is 7.16. The van der Waals surface area contributed by atoms with Crippen molar-refractivity contribution in [3.63, 3.8) is 0 Å². The molecule has 3 aliphatic heterocycles. The minimum absolute atomic E-state index is 0.0362. The number of carbonyl (C=O) groups excluding carboxylic acids is 3. The lowest BCUT2D eigenvalue weighted by atomic mass is 9.71. The Hall–Kier alpha value is -1.67. The van der Waals surface area contributed by atoms with Gasteiger partial charge in [0.25, 0.3) is 0 Å². The summed E-state index contributed by atoms with van der Waals surface area (Å²) in [5.74, 6) is -2.12. The number of aliphatic hydroxyl groups is 1. The van der Waals surface area contributed by atoms with Crippen LogP contribution in [0, 0.1) is 11.8 Å². The van der Waals surface area contributed by atoms with Gasteiger partial charge < -0.3 is 24.8 Å². The Morgan fingerprint density at radius 2 is 2.07 bits per heavy atom. The number of likely N-dealkylation sites (tertiary alicyclic amines) is 1. The normalized spacial score (nSPS) is 32.5. The van der Waals surface area contributed by atoms with E-state index in [0.29, 0.717) is 38.8 Å². The van der Waals surface area contributed by atoms with Gasteiger partial charge in [-0.2, -0.15) is 0 Å². The Morgan fingerprint density at radius 3 is 2.76 bits per heavy atom. The Balaban J connectivity index is 1.84. The average molecular weight is 411 g/mol. The summed E-state index contributed by atoms with van der Waals surface area (Å²) in [7, 11) is 0. The molecule has 5 atom stereocenters. The highest BCUT2D eigenvalue weighted by Gasteiger charge is 2.74. The van der Waals surface area contributed by atoms with Crippen LogP contribution in [0.15, 0.2) is 0 Å². The Labute approximate surface area is 172 Å². The van der Waals surface area contributed by atoms with Crippen LogP contribution in [-0.2, 0) is 23.9 Å². The van der Waals surface area contributed by atoms with Crippen molar-refractivity contribution in [2.75, 3.05) is 26.3 Å². The van der Waals surface area contributed by atoms with E-state index in [1.165, 1.54) is 0 Å². The van der Waals surface area contributed by atoms with E-state index in [-0.39, 0.29) is 31.1 Å². The van der Waals surface area contributed by atoms with E-state index in [0.717, 1.165) is 19.3 Å². The first-order valence-corrected chi connectivity index (χ1v) is 11.0. The second-order valence-corrected chi connectivity index (χ2v) is 8.27. The first-order valence-electron chi connectivity index (χ1n) is 11.0. The number of carbonyl (C=O) groups is 3. The van der Waals surface area contributed by atoms with Gasteiger partial charge in [0, 0.05) is 19.7 Å². The Bertz CT molecular complexity index is 626. The van der Waals surface area contributed by atoms with E-state index in [1.807, 2.05) is 0 Å². The molecule has 2 unspecified atom stereocenters. The molecular formula is C21H34N2O6. The number of unbranched alkanes of at least 4 members (excludes halogenated alkanes) is 3. The van der Waals surface area contributed by atoms with Gasteiger partial charge in [0.2, 0.25) is 11.8 Å². The van der Waals surface area contributed by atoms with Crippen LogP contribution < -0.4 is 5.32 Å². The molecule has 3 heterocycles. The van der Waals surface area contributed by atoms with Gasteiger partial charge in [0.15, 0.2) is 0 Å². The highest BCUT2D eigenvalue weighted by Crippen LogP contribution is 2.58. The number of esters is 1. The maximum absolute atomic E-state index is 13.4. The molecule has 0 aliphatic carbocycles. The quantitative estimate of drug-likeness (QED) is 0.389. The number of hydrogen-bond acceptors (Lipinski definition) is 6. The average Bonchev–Trinajstić information content (AvgIpc) is 3.33. The number of aliphatic hydroxyl groups excluding tert-OH is 1. The topological polar surface area (TPSA) is 105 Å². The van der Waals surface area contributed by atoms with Crippen LogP contribution in [-0.4, -0.2) is 71.8 Å². The number of nitrogens with zero attached hydrogens (tertiary/aromatic N) is 1. The lowest BCUT2D eigenvalue weighted by Crippen LogP contribution is -2.55. The SMILES string of the molecule is CCCCCNC(=O)C1N(CCCCO)C(=O)[C@@H]2[C@H](C(=O)OCC)[C@@H]3CCC12O3. The van der Waals surface area contributed by atoms with Gasteiger partial charge >= 0.3 is 5.97 Å². The van der Waals surface area contributed by atoms with Crippen molar-refractivity contribution < 1.29 is 29.0 Å². The van der Waals surface area contributed by atoms with Gasteiger partial charge in [-0.25, -0.2) is 0 Å². The fourth-order valence-electron chi connectivity index (χ4n) is 5.28. The predicted molar refractivity (Wildman–Crippen MR) is 105 cm³/mol. The van der Waals surface area contributed by atoms with Crippen molar-refractivity contribution in [2.24, 2.45) is 11.8 Å². The number of nitrogens with one attached hydrogen (secondary N) is 1. The summed E-state index contributed by atoms with van der Waals surface area (Å²) in [6.45, 7) is 5.06. The molecular weight excluding hydrogens is 376 g/mol. The summed E-state index contributed by atoms with van der Waals surface area (Å²) in [5.41, 5.74) is -0.951. The van der Waals surface area contributed by atoms with Crippen molar-refractivity contribution in [1.29, 1.82) is 0 Å². The van der Waals surface area contributed by atoms with Crippen LogP contribution in [0.25, 0.3) is 0 Å². The molecule has 2 N–H and O–H groups in total. The highest BCUT2D eigenvalue weighted by molar-refractivity contribution is 5.98. The van der Waals surface area contributed by atoms with E-state index in [9.17, 15) is 14.4 Å². The predicted octanol–water partition coefficient (Wildman–Crippen LogP) is 1.00. The smallest absolute Gasteiger partial charge is 0.312 e. The van der Waals surface area contributed by atoms with E-state index in [2.05, 4.69) is 12.2 Å². The van der Waals surface area contributed by atoms with Gasteiger partial charge in [-0.15, -0.1) is 0 Å². The Morgan fingerprint density at radius 1 is 1.28 bits per heavy atom. The number of hydrogen-bond donors (Lipinski definition) is 2. The van der Waals surface area contributed by atoms with Crippen molar-refractivity contribution >= 4 is 17.8 Å². The molecule has 0 aromatic carbocycles. The largest absolute Gasteiger partial charge is 0.466 e. The second kappa shape index (κ2) is 9.43. The lowest BCUT2D eigenvalue weighted by Gasteiger charge is -2.33. The van der Waals surface area contributed by atoms with Crippen LogP contribution in [0.3, 0.4) is 0 Å². The fourth-order valence-corrected chi connectivity index (χ4v) is 5.28. The maximum atomic E-state index is 13.4. The fraction of sp³-hybridized carbons (Fsp3) is 0.857. The van der Waals surface area contributed by atoms with Crippen LogP contribution in [0.4, 0.5) is 0 Å². The zero-order valence-electron chi connectivity index (χ0n) is 17.5. The van der Waals surface area contributed by atoms with Crippen molar-refractivity contribution in [3.05, 3.63) is 0 Å². The third kappa shape index (κ3) is 3.89. The highest BCUT2D eigenvalue weighted by atomic mass is 16.6. The van der Waals surface area contributed by atoms with Crippen LogP contribution in [0.1, 0.15) is 58.8 Å². The molecule has 8 nitrogen and oxygen atoms in total. The molecule has 29 heavy (non-hydrogen) atoms. The molecule has 3 fully saturated rings. The van der Waals surface area contributed by atoms with Gasteiger partial charge in [0.05, 0.1) is 24.5 Å². The summed E-state index contributed by atoms with van der Waals surface area (Å²) in [6, 6.07) is -0.732. The summed E-state index contributed by atoms with van der Waals surface area (Å²) in [4.78, 5) is 40.7. The molecule has 3 rings (SSSR count). The minimum Gasteiger partial charge on any atom is -0.466 e. The molecule has 1 spiro atoms. The first-order chi connectivity index (χ1) is 14.0. The second-order valence-electron chi connectivity index (χ2n) is 8.27. The number of fused-ring (bicyclic) bond motifs is 1. The third-order valence-electron chi connectivity index (χ3n) is 6.49. The summed E-state index contributed by atoms with van der Waals surface area (Å²) in [6.07, 6.45) is 5.00. The van der Waals surface area contributed by atoms with Gasteiger partial charge in [-0.1, -0.05) is 19.8 Å². The van der Waals surface area contributed by atoms with Gasteiger partial charge in [-0.3, -0.25) is 14.4 Å². The molecule has 0 aromatic rings. The minimum atomic E-state index is -0.951. The molecule has 0 aromatic heterocycles. The van der Waals surface area contributed by atoms with E-state index in [1.54, 1.807) is 11.8 Å². The molecule has 2 amide bonds. The maximum Gasteiger partial charge on any atom is 0.312 e. The van der Waals surface area contributed by atoms with E-state index in [4.69, 9.17) is 14.6 Å². The number of rotatable bonds is 11. The number of ether oxygens (including phenoxy) is 2. The molecule has 8 heteroatoms. The first kappa shape index (κ1) is 22.0. The van der Waals surface area contributed by atoms with Crippen molar-refractivity contribution in [2.45, 2.75) is 76.5 Å². The summed E-state index contributed by atoms with van der Waals surface area (Å²) >= 11 is 0. The molecule has 3 aliphatic rings. The summed E-state index contributed by atoms with van der Waals surface area (Å²) < 4.78 is 11.5. The zero-order valence-corrected chi connectivity index (χ0v) is 17.5. The zero-order chi connectivity index (χ0) is 21.0. The molecule has 0 radical (unpaired) electrons. The lowest BCUT2D eigenvalue weighted by molar-refractivity contribution is -0.154. The van der Waals surface area contributed by atoms with Crippen LogP contribution in [0.5, 0.6) is 0 Å². The molecule has 3 saturated heterocycles. The van der Waals surface area contributed by atoms with E-state index >= 15 is 0 Å². The summed E-state index contributed by atoms with van der Waals surface area (Å²) in [5, 5.41) is 12.1. The van der Waals surface area contributed by atoms with E-state index < -0.39 is 29.4 Å². The van der Waals surface area contributed by atoms with Gasteiger partial charge in [0.1, 0.15) is 11.6 Å². The van der Waals surface area contributed by atoms with Crippen LogP contribution in [0.2, 0.25) is 0 Å². The standard InChI is InChI=1S/C21H34N2O6/c1-3-5-6-11-22-18(25)17-21-10-9-14(29-21)15(20(27)28-4-2)16(21)19(26)23(17)12-7-8-13-24/h14-17,24H,3-13H2,1-2H3,(H,22,25)/t14-,15+,16-,17?,21?/m0/s1. The van der Waals surface area contributed by atoms with Crippen molar-refractivity contribution in [1.82, 2.24) is 10.2 Å². The van der Waals surface area contributed by atoms with Crippen molar-refractivity contribution in [3.8, 4) is 0 Å². The van der Waals surface area contributed by atoms with Crippen LogP contribution >= 0.6 is 0 Å². The van der Waals surface area contributed by atoms with Gasteiger partial charge in [-0.05, 0) is 39.0 Å². The third-order valence-corrected chi connectivity index (χ3v) is 6.49. The monoisotopic (exact) mass is 410 g/mol.